The predicted octanol–water partition coefficient (Wildman–Crippen LogP) is 1.06. The lowest BCUT2D eigenvalue weighted by Gasteiger charge is -2.38. The molecule has 0 aromatic rings. The first kappa shape index (κ1) is 12.4. The Balaban J connectivity index is 2.70. The molecule has 5 heteroatoms. The van der Waals surface area contributed by atoms with Gasteiger partial charge in [0.05, 0.1) is 0 Å². The van der Waals surface area contributed by atoms with E-state index in [2.05, 4.69) is 6.92 Å². The summed E-state index contributed by atoms with van der Waals surface area (Å²) in [5.74, 6) is -1.34. The summed E-state index contributed by atoms with van der Waals surface area (Å²) in [7, 11) is 0. The molecule has 1 rings (SSSR count). The number of nitrogens with zero attached hydrogens (tertiary/aromatic N) is 1. The Kier molecular flexibility index (Phi) is 4.02. The topological polar surface area (TPSA) is 57.6 Å². The van der Waals surface area contributed by atoms with Gasteiger partial charge in [-0.1, -0.05) is 6.92 Å². The van der Waals surface area contributed by atoms with Crippen LogP contribution in [0.4, 0.5) is 0 Å². The van der Waals surface area contributed by atoms with Crippen LogP contribution in [0.1, 0.15) is 20.8 Å². The standard InChI is InChI=1S/C10H17NO3S/c1-6(10(13)14)9(12)11-4-5-15-8(3)7(11)2/h6-8H,4-5H2,1-3H3,(H,13,14). The Hall–Kier alpha value is -0.710. The van der Waals surface area contributed by atoms with Gasteiger partial charge in [-0.25, -0.2) is 0 Å². The summed E-state index contributed by atoms with van der Waals surface area (Å²) < 4.78 is 0. The highest BCUT2D eigenvalue weighted by molar-refractivity contribution is 8.00. The molecule has 3 atom stereocenters. The smallest absolute Gasteiger partial charge is 0.315 e. The van der Waals surface area contributed by atoms with Crippen LogP contribution >= 0.6 is 11.8 Å². The van der Waals surface area contributed by atoms with Crippen molar-refractivity contribution in [3.8, 4) is 0 Å². The van der Waals surface area contributed by atoms with Crippen LogP contribution < -0.4 is 0 Å². The van der Waals surface area contributed by atoms with E-state index in [0.29, 0.717) is 11.8 Å². The molecule has 1 N–H and O–H groups in total. The Morgan fingerprint density at radius 2 is 2.07 bits per heavy atom. The third-order valence-electron chi connectivity index (χ3n) is 2.91. The molecule has 0 radical (unpaired) electrons. The fourth-order valence-electron chi connectivity index (χ4n) is 1.60. The van der Waals surface area contributed by atoms with Crippen molar-refractivity contribution in [2.45, 2.75) is 32.1 Å². The maximum Gasteiger partial charge on any atom is 0.315 e. The SMILES string of the molecule is CC(C(=O)O)C(=O)N1CCSC(C)C1C. The molecule has 1 saturated heterocycles. The van der Waals surface area contributed by atoms with E-state index in [1.807, 2.05) is 18.7 Å². The van der Waals surface area contributed by atoms with Gasteiger partial charge in [0, 0.05) is 23.6 Å². The molecular formula is C10H17NO3S. The van der Waals surface area contributed by atoms with Crippen molar-refractivity contribution in [3.63, 3.8) is 0 Å². The van der Waals surface area contributed by atoms with Crippen molar-refractivity contribution >= 4 is 23.6 Å². The number of aliphatic carboxylic acids is 1. The predicted molar refractivity (Wildman–Crippen MR) is 59.9 cm³/mol. The zero-order valence-corrected chi connectivity index (χ0v) is 10.1. The summed E-state index contributed by atoms with van der Waals surface area (Å²) in [5, 5.41) is 9.16. The molecule has 0 aromatic heterocycles. The van der Waals surface area contributed by atoms with E-state index < -0.39 is 11.9 Å². The fraction of sp³-hybridized carbons (Fsp3) is 0.800. The second kappa shape index (κ2) is 4.88. The minimum Gasteiger partial charge on any atom is -0.481 e. The number of carbonyl (C=O) groups excluding carboxylic acids is 1. The number of carboxylic acid groups (broad SMARTS) is 1. The van der Waals surface area contributed by atoms with Crippen LogP contribution in [0.25, 0.3) is 0 Å². The van der Waals surface area contributed by atoms with Crippen LogP contribution in [0.15, 0.2) is 0 Å². The fourth-order valence-corrected chi connectivity index (χ4v) is 2.70. The molecule has 1 heterocycles. The van der Waals surface area contributed by atoms with Crippen LogP contribution in [0.2, 0.25) is 0 Å². The molecule has 1 fully saturated rings. The van der Waals surface area contributed by atoms with Gasteiger partial charge in [0.15, 0.2) is 0 Å². The van der Waals surface area contributed by atoms with Gasteiger partial charge < -0.3 is 10.0 Å². The van der Waals surface area contributed by atoms with Crippen molar-refractivity contribution in [2.75, 3.05) is 12.3 Å². The molecule has 0 bridgehead atoms. The molecule has 1 aliphatic rings. The lowest BCUT2D eigenvalue weighted by molar-refractivity contribution is -0.151. The molecule has 1 aliphatic heterocycles. The van der Waals surface area contributed by atoms with Gasteiger partial charge in [0.1, 0.15) is 5.92 Å². The van der Waals surface area contributed by atoms with Gasteiger partial charge in [0.25, 0.3) is 0 Å². The largest absolute Gasteiger partial charge is 0.481 e. The number of hydrogen-bond acceptors (Lipinski definition) is 3. The molecule has 86 valence electrons. The van der Waals surface area contributed by atoms with Gasteiger partial charge in [-0.3, -0.25) is 9.59 Å². The van der Waals surface area contributed by atoms with E-state index in [1.165, 1.54) is 6.92 Å². The second-order valence-corrected chi connectivity index (χ2v) is 5.39. The first-order chi connectivity index (χ1) is 6.95. The summed E-state index contributed by atoms with van der Waals surface area (Å²) in [5.41, 5.74) is 0. The molecule has 3 unspecified atom stereocenters. The maximum atomic E-state index is 11.8. The number of carboxylic acids is 1. The lowest BCUT2D eigenvalue weighted by atomic mass is 10.1. The Labute approximate surface area is 94.0 Å². The first-order valence-corrected chi connectivity index (χ1v) is 6.15. The van der Waals surface area contributed by atoms with E-state index in [0.717, 1.165) is 5.75 Å². The van der Waals surface area contributed by atoms with Crippen molar-refractivity contribution in [1.29, 1.82) is 0 Å². The summed E-state index contributed by atoms with van der Waals surface area (Å²) in [6.07, 6.45) is 0. The quantitative estimate of drug-likeness (QED) is 0.722. The third kappa shape index (κ3) is 2.65. The van der Waals surface area contributed by atoms with Crippen LogP contribution in [0.5, 0.6) is 0 Å². The van der Waals surface area contributed by atoms with Crippen molar-refractivity contribution in [1.82, 2.24) is 4.90 Å². The van der Waals surface area contributed by atoms with Crippen LogP contribution in [-0.2, 0) is 9.59 Å². The number of hydrogen-bond donors (Lipinski definition) is 1. The molecule has 4 nitrogen and oxygen atoms in total. The van der Waals surface area contributed by atoms with Gasteiger partial charge in [-0.15, -0.1) is 0 Å². The van der Waals surface area contributed by atoms with Gasteiger partial charge >= 0.3 is 5.97 Å². The molecule has 0 spiro atoms. The lowest BCUT2D eigenvalue weighted by Crippen LogP contribution is -2.50. The number of amides is 1. The summed E-state index contributed by atoms with van der Waals surface area (Å²) in [6.45, 7) is 6.15. The van der Waals surface area contributed by atoms with Gasteiger partial charge in [-0.2, -0.15) is 11.8 Å². The van der Waals surface area contributed by atoms with Crippen LogP contribution in [0.3, 0.4) is 0 Å². The normalized spacial score (nSPS) is 28.6. The van der Waals surface area contributed by atoms with Gasteiger partial charge in [0.2, 0.25) is 5.91 Å². The van der Waals surface area contributed by atoms with Crippen molar-refractivity contribution in [2.24, 2.45) is 5.92 Å². The summed E-state index contributed by atoms with van der Waals surface area (Å²) in [4.78, 5) is 24.2. The van der Waals surface area contributed by atoms with Crippen LogP contribution in [-0.4, -0.2) is 45.5 Å². The number of rotatable bonds is 2. The minimum atomic E-state index is -1.04. The monoisotopic (exact) mass is 231 g/mol. The number of thioether (sulfide) groups is 1. The van der Waals surface area contributed by atoms with E-state index >= 15 is 0 Å². The average Bonchev–Trinajstić information content (AvgIpc) is 2.20. The maximum absolute atomic E-state index is 11.8. The first-order valence-electron chi connectivity index (χ1n) is 5.10. The van der Waals surface area contributed by atoms with E-state index in [1.54, 1.807) is 4.90 Å². The second-order valence-electron chi connectivity index (χ2n) is 3.91. The average molecular weight is 231 g/mol. The zero-order chi connectivity index (χ0) is 11.6. The Morgan fingerprint density at radius 1 is 1.47 bits per heavy atom. The highest BCUT2D eigenvalue weighted by atomic mass is 32.2. The molecule has 0 aromatic carbocycles. The Bertz CT molecular complexity index is 269. The third-order valence-corrected chi connectivity index (χ3v) is 4.25. The number of carbonyl (C=O) groups is 2. The molecule has 0 aliphatic carbocycles. The zero-order valence-electron chi connectivity index (χ0n) is 9.27. The Morgan fingerprint density at radius 3 is 2.60 bits per heavy atom. The van der Waals surface area contributed by atoms with E-state index in [9.17, 15) is 9.59 Å². The minimum absolute atomic E-state index is 0.123. The molecule has 15 heavy (non-hydrogen) atoms. The summed E-state index contributed by atoms with van der Waals surface area (Å²) in [6, 6.07) is 0.123. The van der Waals surface area contributed by atoms with Crippen molar-refractivity contribution < 1.29 is 14.7 Å². The van der Waals surface area contributed by atoms with Crippen molar-refractivity contribution in [3.05, 3.63) is 0 Å². The highest BCUT2D eigenvalue weighted by Gasteiger charge is 2.33. The van der Waals surface area contributed by atoms with Crippen LogP contribution in [0, 0.1) is 5.92 Å². The molecular weight excluding hydrogens is 214 g/mol. The summed E-state index contributed by atoms with van der Waals surface area (Å²) >= 11 is 1.83. The van der Waals surface area contributed by atoms with E-state index in [-0.39, 0.29) is 11.9 Å². The highest BCUT2D eigenvalue weighted by Crippen LogP contribution is 2.25. The van der Waals surface area contributed by atoms with E-state index in [4.69, 9.17) is 5.11 Å². The molecule has 0 saturated carbocycles. The molecule has 1 amide bonds. The van der Waals surface area contributed by atoms with Gasteiger partial charge in [-0.05, 0) is 13.8 Å².